The molecule has 0 unspecified atom stereocenters. The Morgan fingerprint density at radius 1 is 1.21 bits per heavy atom. The van der Waals surface area contributed by atoms with Gasteiger partial charge in [-0.25, -0.2) is 14.4 Å². The fraction of sp³-hybridized carbons (Fsp3) is 0.333. The molecule has 28 heavy (non-hydrogen) atoms. The lowest BCUT2D eigenvalue weighted by atomic mass is 9.87. The third-order valence-electron chi connectivity index (χ3n) is 5.09. The smallest absolute Gasteiger partial charge is 0.164 e. The van der Waals surface area contributed by atoms with Crippen LogP contribution in [0.4, 0.5) is 10.2 Å². The van der Waals surface area contributed by atoms with E-state index in [9.17, 15) is 19.7 Å². The number of fused-ring (bicyclic) bond motifs is 1. The van der Waals surface area contributed by atoms with Gasteiger partial charge < -0.3 is 30.4 Å². The number of hydrogen-bond donors (Lipinski definition) is 4. The number of anilines is 1. The predicted octanol–water partition coefficient (Wildman–Crippen LogP) is 1.33. The molecule has 1 aromatic carbocycles. The first kappa shape index (κ1) is 19.0. The maximum Gasteiger partial charge on any atom is 0.164 e. The van der Waals surface area contributed by atoms with Crippen molar-refractivity contribution in [3.63, 3.8) is 0 Å². The van der Waals surface area contributed by atoms with Crippen LogP contribution in [-0.2, 0) is 10.3 Å². The molecule has 0 radical (unpaired) electrons. The number of nitrogen functional groups attached to an aromatic ring is 1. The molecule has 1 aliphatic rings. The summed E-state index contributed by atoms with van der Waals surface area (Å²) in [4.78, 5) is 7.76. The SMILES string of the molecule is C[C@@](O)(c1ccc(Cl)cc1)[C@H]1O[C@@H](n2cc(F)c3c(N)ncnc32)[C@H](O)[C@@H]1O. The minimum absolute atomic E-state index is 0.0132. The van der Waals surface area contributed by atoms with E-state index in [2.05, 4.69) is 9.97 Å². The molecule has 1 fully saturated rings. The Balaban J connectivity index is 1.73. The minimum Gasteiger partial charge on any atom is -0.387 e. The van der Waals surface area contributed by atoms with Crippen LogP contribution in [0.2, 0.25) is 5.02 Å². The van der Waals surface area contributed by atoms with Crippen molar-refractivity contribution in [1.29, 1.82) is 0 Å². The van der Waals surface area contributed by atoms with Crippen molar-refractivity contribution >= 4 is 28.5 Å². The van der Waals surface area contributed by atoms with E-state index in [4.69, 9.17) is 22.1 Å². The van der Waals surface area contributed by atoms with Crippen LogP contribution in [0.3, 0.4) is 0 Å². The molecule has 5 atom stereocenters. The summed E-state index contributed by atoms with van der Waals surface area (Å²) in [5.41, 5.74) is 4.59. The van der Waals surface area contributed by atoms with Crippen molar-refractivity contribution in [2.24, 2.45) is 0 Å². The van der Waals surface area contributed by atoms with Gasteiger partial charge in [0.2, 0.25) is 0 Å². The highest BCUT2D eigenvalue weighted by Gasteiger charge is 2.52. The number of nitrogens with zero attached hydrogens (tertiary/aromatic N) is 3. The number of aromatic nitrogens is 3. The van der Waals surface area contributed by atoms with Crippen molar-refractivity contribution < 1.29 is 24.4 Å². The lowest BCUT2D eigenvalue weighted by Crippen LogP contribution is -2.45. The van der Waals surface area contributed by atoms with Gasteiger partial charge >= 0.3 is 0 Å². The molecule has 5 N–H and O–H groups in total. The molecule has 1 saturated heterocycles. The molecule has 0 aliphatic carbocycles. The Morgan fingerprint density at radius 2 is 1.89 bits per heavy atom. The largest absolute Gasteiger partial charge is 0.387 e. The number of halogens is 2. The van der Waals surface area contributed by atoms with E-state index < -0.39 is 36.0 Å². The van der Waals surface area contributed by atoms with Gasteiger partial charge in [0.15, 0.2) is 17.7 Å². The molecular formula is C18H18ClFN4O4. The molecule has 1 aliphatic heterocycles. The number of rotatable bonds is 3. The zero-order valence-electron chi connectivity index (χ0n) is 14.7. The fourth-order valence-electron chi connectivity index (χ4n) is 3.56. The van der Waals surface area contributed by atoms with Crippen molar-refractivity contribution in [3.8, 4) is 0 Å². The summed E-state index contributed by atoms with van der Waals surface area (Å²) in [6.45, 7) is 1.45. The number of aliphatic hydroxyl groups is 3. The van der Waals surface area contributed by atoms with Crippen LogP contribution in [0.1, 0.15) is 18.7 Å². The average Bonchev–Trinajstić information content (AvgIpc) is 3.14. The molecule has 0 saturated carbocycles. The number of nitrogens with two attached hydrogens (primary N) is 1. The molecule has 0 amide bonds. The van der Waals surface area contributed by atoms with E-state index in [0.717, 1.165) is 12.5 Å². The molecule has 0 spiro atoms. The normalized spacial score (nSPS) is 27.2. The lowest BCUT2D eigenvalue weighted by Gasteiger charge is -2.32. The Hall–Kier alpha value is -2.30. The summed E-state index contributed by atoms with van der Waals surface area (Å²) < 4.78 is 21.4. The standard InChI is InChI=1S/C18H18ClFN4O4/c1-18(27,8-2-4-9(19)5-3-8)14-12(25)13(26)17(28-14)24-6-10(20)11-15(21)22-7-23-16(11)24/h2-7,12-14,17,25-27H,1H3,(H2,21,22,23)/t12-,13+,14-,17+,18+/m0/s1. The Bertz CT molecular complexity index is 1030. The van der Waals surface area contributed by atoms with Crippen molar-refractivity contribution in [3.05, 3.63) is 53.2 Å². The van der Waals surface area contributed by atoms with Crippen LogP contribution >= 0.6 is 11.6 Å². The van der Waals surface area contributed by atoms with Crippen molar-refractivity contribution in [1.82, 2.24) is 14.5 Å². The maximum absolute atomic E-state index is 14.3. The topological polar surface area (TPSA) is 127 Å². The molecule has 10 heteroatoms. The summed E-state index contributed by atoms with van der Waals surface area (Å²) in [5, 5.41) is 32.6. The third-order valence-corrected chi connectivity index (χ3v) is 5.34. The summed E-state index contributed by atoms with van der Waals surface area (Å²) in [7, 11) is 0. The Kier molecular flexibility index (Phi) is 4.52. The molecule has 4 rings (SSSR count). The van der Waals surface area contributed by atoms with E-state index in [1.807, 2.05) is 0 Å². The second kappa shape index (κ2) is 6.64. The van der Waals surface area contributed by atoms with Crippen molar-refractivity contribution in [2.75, 3.05) is 5.73 Å². The van der Waals surface area contributed by atoms with Crippen LogP contribution in [0.25, 0.3) is 11.0 Å². The summed E-state index contributed by atoms with van der Waals surface area (Å²) in [6.07, 6.45) is -3.07. The van der Waals surface area contributed by atoms with E-state index >= 15 is 0 Å². The van der Waals surface area contributed by atoms with Crippen LogP contribution < -0.4 is 5.73 Å². The third kappa shape index (κ3) is 2.83. The molecule has 8 nitrogen and oxygen atoms in total. The Labute approximate surface area is 164 Å². The molecule has 0 bridgehead atoms. The van der Waals surface area contributed by atoms with E-state index in [1.165, 1.54) is 11.5 Å². The maximum atomic E-state index is 14.3. The fourth-order valence-corrected chi connectivity index (χ4v) is 3.69. The monoisotopic (exact) mass is 408 g/mol. The number of benzene rings is 1. The van der Waals surface area contributed by atoms with Gasteiger partial charge in [-0.15, -0.1) is 0 Å². The van der Waals surface area contributed by atoms with Gasteiger partial charge in [-0.05, 0) is 24.6 Å². The zero-order chi connectivity index (χ0) is 20.2. The van der Waals surface area contributed by atoms with Crippen molar-refractivity contribution in [2.45, 2.75) is 37.1 Å². The van der Waals surface area contributed by atoms with E-state index in [-0.39, 0.29) is 16.9 Å². The van der Waals surface area contributed by atoms with E-state index in [0.29, 0.717) is 10.6 Å². The highest BCUT2D eigenvalue weighted by atomic mass is 35.5. The molecule has 3 aromatic rings. The first-order valence-electron chi connectivity index (χ1n) is 8.48. The molecule has 3 heterocycles. The first-order chi connectivity index (χ1) is 13.2. The summed E-state index contributed by atoms with van der Waals surface area (Å²) in [6, 6.07) is 6.37. The van der Waals surface area contributed by atoms with Gasteiger partial charge in [0.05, 0.1) is 5.39 Å². The van der Waals surface area contributed by atoms with Gasteiger partial charge in [0.25, 0.3) is 0 Å². The van der Waals surface area contributed by atoms with Gasteiger partial charge in [-0.2, -0.15) is 0 Å². The van der Waals surface area contributed by atoms with Gasteiger partial charge in [-0.3, -0.25) is 0 Å². The van der Waals surface area contributed by atoms with Gasteiger partial charge in [0, 0.05) is 11.2 Å². The number of aliphatic hydroxyl groups excluding tert-OH is 2. The second-order valence-corrected chi connectivity index (χ2v) is 7.36. The molecular weight excluding hydrogens is 391 g/mol. The van der Waals surface area contributed by atoms with Crippen LogP contribution in [-0.4, -0.2) is 48.2 Å². The van der Waals surface area contributed by atoms with Gasteiger partial charge in [0.1, 0.15) is 36.1 Å². The quantitative estimate of drug-likeness (QED) is 0.515. The average molecular weight is 409 g/mol. The highest BCUT2D eigenvalue weighted by Crippen LogP contribution is 2.41. The summed E-state index contributed by atoms with van der Waals surface area (Å²) >= 11 is 5.88. The first-order valence-corrected chi connectivity index (χ1v) is 8.86. The molecule has 148 valence electrons. The van der Waals surface area contributed by atoms with Crippen LogP contribution in [0.15, 0.2) is 36.8 Å². The molecule has 2 aromatic heterocycles. The van der Waals surface area contributed by atoms with Crippen LogP contribution in [0.5, 0.6) is 0 Å². The lowest BCUT2D eigenvalue weighted by molar-refractivity contribution is -0.135. The Morgan fingerprint density at radius 3 is 2.57 bits per heavy atom. The van der Waals surface area contributed by atoms with Gasteiger partial charge in [-0.1, -0.05) is 23.7 Å². The number of ether oxygens (including phenoxy) is 1. The van der Waals surface area contributed by atoms with Crippen LogP contribution in [0, 0.1) is 5.82 Å². The minimum atomic E-state index is -1.66. The predicted molar refractivity (Wildman–Crippen MR) is 98.8 cm³/mol. The number of hydrogen-bond acceptors (Lipinski definition) is 7. The second-order valence-electron chi connectivity index (χ2n) is 6.92. The summed E-state index contributed by atoms with van der Waals surface area (Å²) in [5.74, 6) is -0.745. The highest BCUT2D eigenvalue weighted by molar-refractivity contribution is 6.30. The zero-order valence-corrected chi connectivity index (χ0v) is 15.5. The van der Waals surface area contributed by atoms with E-state index in [1.54, 1.807) is 24.3 Å².